The first-order chi connectivity index (χ1) is 10.3. The summed E-state index contributed by atoms with van der Waals surface area (Å²) in [6, 6.07) is 9.12. The van der Waals surface area contributed by atoms with E-state index in [9.17, 15) is 0 Å². The summed E-state index contributed by atoms with van der Waals surface area (Å²) in [5, 5.41) is 7.75. The highest BCUT2D eigenvalue weighted by Crippen LogP contribution is 2.39. The second-order valence-corrected chi connectivity index (χ2v) is 5.93. The van der Waals surface area contributed by atoms with Crippen LogP contribution >= 0.6 is 0 Å². The molecular formula is C16H19N3O2. The molecule has 0 amide bonds. The van der Waals surface area contributed by atoms with Gasteiger partial charge in [0.15, 0.2) is 5.82 Å². The molecule has 5 heteroatoms. The van der Waals surface area contributed by atoms with Crippen molar-refractivity contribution in [3.63, 3.8) is 0 Å². The molecule has 2 saturated heterocycles. The lowest BCUT2D eigenvalue weighted by atomic mass is 9.89. The number of para-hydroxylation sites is 1. The lowest BCUT2D eigenvalue weighted by Crippen LogP contribution is -2.21. The van der Waals surface area contributed by atoms with Crippen molar-refractivity contribution in [2.75, 3.05) is 7.11 Å². The third-order valence-electron chi connectivity index (χ3n) is 4.64. The van der Waals surface area contributed by atoms with Gasteiger partial charge < -0.3 is 14.6 Å². The number of benzene rings is 1. The van der Waals surface area contributed by atoms with Gasteiger partial charge in [0.2, 0.25) is 5.89 Å². The molecule has 0 aliphatic carbocycles. The molecule has 1 N–H and O–H groups in total. The maximum absolute atomic E-state index is 5.50. The van der Waals surface area contributed by atoms with Crippen molar-refractivity contribution in [2.45, 2.75) is 43.7 Å². The fourth-order valence-electron chi connectivity index (χ4n) is 3.61. The lowest BCUT2D eigenvalue weighted by Gasteiger charge is -2.15. The van der Waals surface area contributed by atoms with E-state index in [-0.39, 0.29) is 0 Å². The Morgan fingerprint density at radius 2 is 2.24 bits per heavy atom. The average molecular weight is 285 g/mol. The molecule has 1 aromatic heterocycles. The molecular weight excluding hydrogens is 266 g/mol. The molecule has 0 radical (unpaired) electrons. The van der Waals surface area contributed by atoms with Crippen LogP contribution in [0.3, 0.4) is 0 Å². The number of hydrogen-bond donors (Lipinski definition) is 1. The van der Waals surface area contributed by atoms with Crippen LogP contribution in [0, 0.1) is 0 Å². The highest BCUT2D eigenvalue weighted by Gasteiger charge is 2.42. The Labute approximate surface area is 123 Å². The Morgan fingerprint density at radius 3 is 3.00 bits per heavy atom. The Kier molecular flexibility index (Phi) is 3.15. The molecule has 2 aliphatic rings. The van der Waals surface area contributed by atoms with E-state index in [0.29, 0.717) is 24.4 Å². The molecule has 5 nitrogen and oxygen atoms in total. The molecule has 21 heavy (non-hydrogen) atoms. The van der Waals surface area contributed by atoms with Crippen LogP contribution in [-0.2, 0) is 6.42 Å². The van der Waals surface area contributed by atoms with Crippen LogP contribution in [0.5, 0.6) is 5.75 Å². The predicted molar refractivity (Wildman–Crippen MR) is 77.4 cm³/mol. The number of aromatic nitrogens is 2. The molecule has 0 spiro atoms. The molecule has 3 heterocycles. The minimum Gasteiger partial charge on any atom is -0.496 e. The molecule has 4 rings (SSSR count). The Balaban J connectivity index is 1.52. The summed E-state index contributed by atoms with van der Waals surface area (Å²) >= 11 is 0. The summed E-state index contributed by atoms with van der Waals surface area (Å²) in [5.74, 6) is 2.78. The molecule has 2 bridgehead atoms. The van der Waals surface area contributed by atoms with Gasteiger partial charge in [0.1, 0.15) is 5.75 Å². The van der Waals surface area contributed by atoms with Crippen molar-refractivity contribution in [1.82, 2.24) is 15.5 Å². The van der Waals surface area contributed by atoms with Gasteiger partial charge in [-0.15, -0.1) is 0 Å². The number of fused-ring (bicyclic) bond motifs is 2. The van der Waals surface area contributed by atoms with Gasteiger partial charge in [0.25, 0.3) is 0 Å². The zero-order valence-corrected chi connectivity index (χ0v) is 12.1. The summed E-state index contributed by atoms with van der Waals surface area (Å²) in [5.41, 5.74) is 1.08. The van der Waals surface area contributed by atoms with E-state index in [1.165, 1.54) is 12.8 Å². The SMILES string of the molecule is COc1ccccc1Cc1noc(C2CC3CCC2N3)n1. The molecule has 3 atom stereocenters. The maximum atomic E-state index is 5.50. The topological polar surface area (TPSA) is 60.2 Å². The number of nitrogens with one attached hydrogen (secondary N) is 1. The number of methoxy groups -OCH3 is 1. The normalized spacial score (nSPS) is 27.2. The van der Waals surface area contributed by atoms with E-state index in [4.69, 9.17) is 9.26 Å². The first kappa shape index (κ1) is 12.8. The minimum absolute atomic E-state index is 0.391. The van der Waals surface area contributed by atoms with Gasteiger partial charge in [-0.3, -0.25) is 0 Å². The molecule has 1 aromatic carbocycles. The van der Waals surface area contributed by atoms with Crippen LogP contribution in [-0.4, -0.2) is 29.3 Å². The number of ether oxygens (including phenoxy) is 1. The number of rotatable bonds is 4. The number of hydrogen-bond acceptors (Lipinski definition) is 5. The monoisotopic (exact) mass is 285 g/mol. The second kappa shape index (κ2) is 5.15. The van der Waals surface area contributed by atoms with Crippen LogP contribution in [0.25, 0.3) is 0 Å². The van der Waals surface area contributed by atoms with Crippen molar-refractivity contribution >= 4 is 0 Å². The lowest BCUT2D eigenvalue weighted by molar-refractivity contribution is 0.327. The largest absolute Gasteiger partial charge is 0.496 e. The van der Waals surface area contributed by atoms with Gasteiger partial charge in [-0.1, -0.05) is 23.4 Å². The standard InChI is InChI=1S/C16H19N3O2/c1-20-14-5-3-2-4-10(14)8-15-18-16(21-19-15)12-9-11-6-7-13(12)17-11/h2-5,11-13,17H,6-9H2,1H3. The fourth-order valence-corrected chi connectivity index (χ4v) is 3.61. The predicted octanol–water partition coefficient (Wildman–Crippen LogP) is 2.28. The van der Waals surface area contributed by atoms with E-state index >= 15 is 0 Å². The van der Waals surface area contributed by atoms with Crippen LogP contribution < -0.4 is 10.1 Å². The van der Waals surface area contributed by atoms with E-state index in [1.807, 2.05) is 24.3 Å². The first-order valence-corrected chi connectivity index (χ1v) is 7.54. The summed E-state index contributed by atoms with van der Waals surface area (Å²) in [6.07, 6.45) is 4.27. The van der Waals surface area contributed by atoms with Gasteiger partial charge in [0, 0.05) is 24.1 Å². The van der Waals surface area contributed by atoms with E-state index in [2.05, 4.69) is 15.5 Å². The van der Waals surface area contributed by atoms with Crippen LogP contribution in [0.2, 0.25) is 0 Å². The second-order valence-electron chi connectivity index (χ2n) is 5.93. The molecule has 2 aromatic rings. The van der Waals surface area contributed by atoms with E-state index in [0.717, 1.165) is 29.4 Å². The van der Waals surface area contributed by atoms with Crippen molar-refractivity contribution < 1.29 is 9.26 Å². The first-order valence-electron chi connectivity index (χ1n) is 7.54. The smallest absolute Gasteiger partial charge is 0.231 e. The van der Waals surface area contributed by atoms with Crippen LogP contribution in [0.1, 0.15) is 42.5 Å². The molecule has 110 valence electrons. The zero-order valence-electron chi connectivity index (χ0n) is 12.1. The van der Waals surface area contributed by atoms with Crippen molar-refractivity contribution in [1.29, 1.82) is 0 Å². The van der Waals surface area contributed by atoms with Crippen molar-refractivity contribution in [3.8, 4) is 5.75 Å². The van der Waals surface area contributed by atoms with Crippen LogP contribution in [0.4, 0.5) is 0 Å². The molecule has 2 aliphatic heterocycles. The molecule has 0 saturated carbocycles. The fraction of sp³-hybridized carbons (Fsp3) is 0.500. The summed E-state index contributed by atoms with van der Waals surface area (Å²) in [6.45, 7) is 0. The quantitative estimate of drug-likeness (QED) is 0.934. The van der Waals surface area contributed by atoms with Crippen molar-refractivity contribution in [2.24, 2.45) is 0 Å². The Bertz CT molecular complexity index is 640. The molecule has 3 unspecified atom stereocenters. The van der Waals surface area contributed by atoms with E-state index < -0.39 is 0 Å². The third-order valence-corrected chi connectivity index (χ3v) is 4.64. The highest BCUT2D eigenvalue weighted by molar-refractivity contribution is 5.35. The summed E-state index contributed by atoms with van der Waals surface area (Å²) < 4.78 is 10.9. The highest BCUT2D eigenvalue weighted by atomic mass is 16.5. The Morgan fingerprint density at radius 1 is 1.33 bits per heavy atom. The van der Waals surface area contributed by atoms with Gasteiger partial charge in [-0.05, 0) is 25.3 Å². The maximum Gasteiger partial charge on any atom is 0.231 e. The third kappa shape index (κ3) is 2.31. The summed E-state index contributed by atoms with van der Waals surface area (Å²) in [7, 11) is 1.68. The van der Waals surface area contributed by atoms with Gasteiger partial charge in [-0.2, -0.15) is 4.98 Å². The average Bonchev–Trinajstić information content (AvgIpc) is 3.23. The zero-order chi connectivity index (χ0) is 14.2. The molecule has 2 fully saturated rings. The van der Waals surface area contributed by atoms with Gasteiger partial charge in [0.05, 0.1) is 13.0 Å². The summed E-state index contributed by atoms with van der Waals surface area (Å²) in [4.78, 5) is 4.61. The Hall–Kier alpha value is -1.88. The van der Waals surface area contributed by atoms with Gasteiger partial charge in [-0.25, -0.2) is 0 Å². The van der Waals surface area contributed by atoms with Crippen molar-refractivity contribution in [3.05, 3.63) is 41.5 Å². The van der Waals surface area contributed by atoms with E-state index in [1.54, 1.807) is 7.11 Å². The van der Waals surface area contributed by atoms with Gasteiger partial charge >= 0.3 is 0 Å². The number of nitrogens with zero attached hydrogens (tertiary/aromatic N) is 2. The van der Waals surface area contributed by atoms with Crippen LogP contribution in [0.15, 0.2) is 28.8 Å². The minimum atomic E-state index is 0.391.